The van der Waals surface area contributed by atoms with Crippen molar-refractivity contribution in [2.24, 2.45) is 0 Å². The average Bonchev–Trinajstić information content (AvgIpc) is 3.66. The van der Waals surface area contributed by atoms with Crippen LogP contribution < -0.4 is 25.6 Å². The Morgan fingerprint density at radius 1 is 0.456 bits per heavy atom. The van der Waals surface area contributed by atoms with Gasteiger partial charge in [-0.15, -0.1) is 0 Å². The molecular weight excluding hydrogens is 707 g/mol. The highest BCUT2D eigenvalue weighted by Crippen LogP contribution is 2.37. The van der Waals surface area contributed by atoms with Gasteiger partial charge in [0, 0.05) is 33.9 Å². The zero-order chi connectivity index (χ0) is 38.4. The molecule has 9 aromatic rings. The minimum absolute atomic E-state index is 0.842. The van der Waals surface area contributed by atoms with Gasteiger partial charge in [-0.2, -0.15) is 0 Å². The zero-order valence-electron chi connectivity index (χ0n) is 31.6. The Bertz CT molecular complexity index is 2730. The number of benzene rings is 8. The summed E-state index contributed by atoms with van der Waals surface area (Å²) in [4.78, 5) is 2.22. The summed E-state index contributed by atoms with van der Waals surface area (Å²) in [6.45, 7) is 4.26. The molecule has 0 atom stereocenters. The number of hydrogen-bond acceptors (Lipinski definition) is 2. The Hall–Kier alpha value is -7.20. The largest absolute Gasteiger partial charge is 0.456 e. The smallest absolute Gasteiger partial charge is 0.179 e. The van der Waals surface area contributed by atoms with Crippen molar-refractivity contribution in [2.45, 2.75) is 0 Å². The molecule has 0 unspecified atom stereocenters. The van der Waals surface area contributed by atoms with Crippen molar-refractivity contribution in [1.29, 1.82) is 0 Å². The molecule has 0 saturated heterocycles. The van der Waals surface area contributed by atoms with Gasteiger partial charge in [-0.25, -0.2) is 0 Å². The molecule has 0 fully saturated rings. The van der Waals surface area contributed by atoms with Gasteiger partial charge in [0.15, 0.2) is 8.07 Å². The molecule has 0 aliphatic carbocycles. The van der Waals surface area contributed by atoms with Crippen LogP contribution in [0.25, 0.3) is 39.1 Å². The molecule has 8 aromatic carbocycles. The van der Waals surface area contributed by atoms with Crippen molar-refractivity contribution in [3.8, 4) is 11.1 Å². The summed E-state index contributed by atoms with van der Waals surface area (Å²) in [5.41, 5.74) is 8.11. The van der Waals surface area contributed by atoms with E-state index >= 15 is 0 Å². The molecule has 0 spiro atoms. The number of nitrogens with zero attached hydrogens (tertiary/aromatic N) is 1. The molecule has 0 amide bonds. The number of rotatable bonds is 11. The van der Waals surface area contributed by atoms with E-state index in [1.165, 1.54) is 26.3 Å². The zero-order valence-corrected chi connectivity index (χ0v) is 32.6. The number of furan rings is 1. The van der Waals surface area contributed by atoms with Crippen molar-refractivity contribution in [3.05, 3.63) is 248 Å². The third-order valence-electron chi connectivity index (χ3n) is 10.8. The summed E-state index contributed by atoms with van der Waals surface area (Å²) in [7, 11) is -2.58. The van der Waals surface area contributed by atoms with Crippen LogP contribution in [0.5, 0.6) is 0 Å². The molecule has 57 heavy (non-hydrogen) atoms. The van der Waals surface area contributed by atoms with Gasteiger partial charge in [0.05, 0.1) is 0 Å². The van der Waals surface area contributed by atoms with E-state index in [1.807, 2.05) is 18.2 Å². The van der Waals surface area contributed by atoms with Crippen molar-refractivity contribution in [2.75, 3.05) is 4.90 Å². The first-order valence-corrected chi connectivity index (χ1v) is 21.4. The van der Waals surface area contributed by atoms with E-state index in [9.17, 15) is 0 Å². The van der Waals surface area contributed by atoms with Gasteiger partial charge in [-0.1, -0.05) is 189 Å². The summed E-state index contributed by atoms with van der Waals surface area (Å²) in [5.74, 6) is 0. The Morgan fingerprint density at radius 2 is 0.947 bits per heavy atom. The Balaban J connectivity index is 1.07. The SMILES string of the molecule is C=C/C(=C\C=C\c1ccc([Si](c2ccccc2)(c2ccccc2)c2ccccc2)cc1)N(c1ccccc1)c1ccc2c(c1)oc1cc(-c3ccccc3)ccc12. The predicted octanol–water partition coefficient (Wildman–Crippen LogP) is 11.6. The fourth-order valence-corrected chi connectivity index (χ4v) is 12.9. The molecule has 0 aliphatic rings. The van der Waals surface area contributed by atoms with Crippen molar-refractivity contribution >= 4 is 68.2 Å². The van der Waals surface area contributed by atoms with Gasteiger partial charge in [-0.3, -0.25) is 0 Å². The van der Waals surface area contributed by atoms with Gasteiger partial charge in [0.1, 0.15) is 11.2 Å². The molecule has 3 heteroatoms. The summed E-state index contributed by atoms with van der Waals surface area (Å²) >= 11 is 0. The first-order chi connectivity index (χ1) is 28.2. The van der Waals surface area contributed by atoms with E-state index in [4.69, 9.17) is 4.42 Å². The van der Waals surface area contributed by atoms with E-state index in [-0.39, 0.29) is 0 Å². The molecule has 2 nitrogen and oxygen atoms in total. The van der Waals surface area contributed by atoms with Gasteiger partial charge in [0.2, 0.25) is 0 Å². The van der Waals surface area contributed by atoms with E-state index < -0.39 is 8.07 Å². The van der Waals surface area contributed by atoms with Crippen LogP contribution in [0.1, 0.15) is 5.56 Å². The van der Waals surface area contributed by atoms with Crippen molar-refractivity contribution in [3.63, 3.8) is 0 Å². The molecule has 1 aromatic heterocycles. The van der Waals surface area contributed by atoms with Crippen LogP contribution in [0.4, 0.5) is 11.4 Å². The standard InChI is InChI=1S/C54H41NOSi/c1-2-44(55(45-22-10-4-11-23-45)46-34-38-52-51-37-33-43(42-20-8-3-9-21-42)39-53(51)56-54(52)40-46)24-18-19-41-31-35-50(36-32-41)57(47-25-12-5-13-26-47,48-27-14-6-15-28-48)49-29-16-7-17-30-49/h2-40H,1H2/b19-18+,44-24+. The minimum Gasteiger partial charge on any atom is -0.456 e. The molecule has 1 heterocycles. The van der Waals surface area contributed by atoms with Gasteiger partial charge < -0.3 is 9.32 Å². The third-order valence-corrected chi connectivity index (χ3v) is 15.6. The second kappa shape index (κ2) is 15.9. The molecule has 0 saturated carbocycles. The molecule has 272 valence electrons. The van der Waals surface area contributed by atoms with E-state index in [2.05, 4.69) is 230 Å². The quantitative estimate of drug-likeness (QED) is 0.0744. The molecular formula is C54H41NOSi. The van der Waals surface area contributed by atoms with E-state index in [0.717, 1.165) is 50.1 Å². The van der Waals surface area contributed by atoms with Crippen LogP contribution in [0, 0.1) is 0 Å². The van der Waals surface area contributed by atoms with Gasteiger partial charge in [-0.05, 0) is 86.0 Å². The number of allylic oxidation sites excluding steroid dienone is 3. The summed E-state index contributed by atoms with van der Waals surface area (Å²) in [6.07, 6.45) is 8.32. The topological polar surface area (TPSA) is 16.4 Å². The van der Waals surface area contributed by atoms with E-state index in [0.29, 0.717) is 0 Å². The minimum atomic E-state index is -2.58. The van der Waals surface area contributed by atoms with E-state index in [1.54, 1.807) is 0 Å². The molecule has 0 bridgehead atoms. The Kier molecular flexibility index (Phi) is 9.89. The maximum Gasteiger partial charge on any atom is 0.179 e. The number of anilines is 2. The Labute approximate surface area is 335 Å². The maximum atomic E-state index is 6.53. The molecule has 0 N–H and O–H groups in total. The van der Waals surface area contributed by atoms with Crippen LogP contribution in [0.15, 0.2) is 247 Å². The van der Waals surface area contributed by atoms with Crippen molar-refractivity contribution < 1.29 is 4.42 Å². The fourth-order valence-electron chi connectivity index (χ4n) is 8.14. The lowest BCUT2D eigenvalue weighted by Gasteiger charge is -2.34. The lowest BCUT2D eigenvalue weighted by Crippen LogP contribution is -2.74. The molecule has 9 rings (SSSR count). The van der Waals surface area contributed by atoms with Crippen LogP contribution in [0.2, 0.25) is 0 Å². The van der Waals surface area contributed by atoms with Gasteiger partial charge >= 0.3 is 0 Å². The lowest BCUT2D eigenvalue weighted by atomic mass is 10.0. The third kappa shape index (κ3) is 6.86. The maximum absolute atomic E-state index is 6.53. The number of para-hydroxylation sites is 1. The van der Waals surface area contributed by atoms with Crippen LogP contribution in [0.3, 0.4) is 0 Å². The predicted molar refractivity (Wildman–Crippen MR) is 245 cm³/mol. The van der Waals surface area contributed by atoms with Crippen LogP contribution in [-0.4, -0.2) is 8.07 Å². The summed E-state index contributed by atoms with van der Waals surface area (Å²) < 4.78 is 6.53. The second-order valence-electron chi connectivity index (χ2n) is 14.2. The summed E-state index contributed by atoms with van der Waals surface area (Å²) in [6, 6.07) is 76.0. The normalized spacial score (nSPS) is 12.0. The van der Waals surface area contributed by atoms with Crippen LogP contribution >= 0.6 is 0 Å². The average molecular weight is 748 g/mol. The second-order valence-corrected chi connectivity index (χ2v) is 18.0. The van der Waals surface area contributed by atoms with Crippen molar-refractivity contribution in [1.82, 2.24) is 0 Å². The lowest BCUT2D eigenvalue weighted by molar-refractivity contribution is 0.669. The highest BCUT2D eigenvalue weighted by Gasteiger charge is 2.41. The molecule has 0 radical (unpaired) electrons. The fraction of sp³-hybridized carbons (Fsp3) is 0. The molecule has 0 aliphatic heterocycles. The first-order valence-electron chi connectivity index (χ1n) is 19.4. The number of hydrogen-bond donors (Lipinski definition) is 0. The monoisotopic (exact) mass is 747 g/mol. The highest BCUT2D eigenvalue weighted by atomic mass is 28.3. The highest BCUT2D eigenvalue weighted by molar-refractivity contribution is 7.19. The van der Waals surface area contributed by atoms with Crippen LogP contribution in [-0.2, 0) is 0 Å². The first kappa shape index (κ1) is 35.5. The summed E-state index contributed by atoms with van der Waals surface area (Å²) in [5, 5.41) is 7.63. The number of fused-ring (bicyclic) bond motifs is 3. The Morgan fingerprint density at radius 3 is 1.51 bits per heavy atom. The van der Waals surface area contributed by atoms with Gasteiger partial charge in [0.25, 0.3) is 0 Å².